The smallest absolute Gasteiger partial charge is 0.408 e. The highest BCUT2D eigenvalue weighted by molar-refractivity contribution is 5.90. The Labute approximate surface area is 126 Å². The highest BCUT2D eigenvalue weighted by Crippen LogP contribution is 2.11. The van der Waals surface area contributed by atoms with Crippen molar-refractivity contribution in [3.8, 4) is 0 Å². The minimum atomic E-state index is -0.801. The molecule has 0 radical (unpaired) electrons. The summed E-state index contributed by atoms with van der Waals surface area (Å²) in [5.74, 6) is -1.21. The minimum Gasteiger partial charge on any atom is -0.444 e. The van der Waals surface area contributed by atoms with Gasteiger partial charge in [-0.3, -0.25) is 9.59 Å². The molecule has 0 aromatic rings. The van der Waals surface area contributed by atoms with Gasteiger partial charge in [-0.1, -0.05) is 20.3 Å². The van der Waals surface area contributed by atoms with Gasteiger partial charge in [0.15, 0.2) is 0 Å². The van der Waals surface area contributed by atoms with E-state index >= 15 is 0 Å². The molecule has 0 bridgehead atoms. The molecule has 122 valence electrons. The monoisotopic (exact) mass is 301 g/mol. The Morgan fingerprint density at radius 2 is 1.67 bits per heavy atom. The van der Waals surface area contributed by atoms with Gasteiger partial charge in [0.05, 0.1) is 0 Å². The zero-order valence-corrected chi connectivity index (χ0v) is 13.6. The first-order chi connectivity index (χ1) is 9.47. The van der Waals surface area contributed by atoms with Crippen LogP contribution in [0.4, 0.5) is 4.79 Å². The van der Waals surface area contributed by atoms with Crippen molar-refractivity contribution in [3.63, 3.8) is 0 Å². The second kappa shape index (κ2) is 7.85. The Morgan fingerprint density at radius 3 is 2.05 bits per heavy atom. The van der Waals surface area contributed by atoms with E-state index in [4.69, 9.17) is 10.5 Å². The standard InChI is InChI=1S/C14H27N3O4/c1-7-8(2)10(12(19)16-9(3)11(15)18)17-13(20)21-14(4,5)6/h8-10H,7H2,1-6H3,(H2,15,18)(H,16,19)(H,17,20)/t8-,9-,10-/m0/s1. The molecule has 0 aliphatic rings. The fourth-order valence-electron chi connectivity index (χ4n) is 1.51. The third-order valence-electron chi connectivity index (χ3n) is 2.95. The number of hydrogen-bond donors (Lipinski definition) is 3. The maximum absolute atomic E-state index is 12.2. The number of carbonyl (C=O) groups is 3. The molecule has 21 heavy (non-hydrogen) atoms. The van der Waals surface area contributed by atoms with E-state index in [1.807, 2.05) is 13.8 Å². The molecule has 3 atom stereocenters. The lowest BCUT2D eigenvalue weighted by atomic mass is 9.98. The molecule has 0 aromatic heterocycles. The summed E-state index contributed by atoms with van der Waals surface area (Å²) in [7, 11) is 0. The summed E-state index contributed by atoms with van der Waals surface area (Å²) in [6.07, 6.45) is 0.00781. The van der Waals surface area contributed by atoms with Crippen molar-refractivity contribution in [1.82, 2.24) is 10.6 Å². The van der Waals surface area contributed by atoms with Crippen molar-refractivity contribution < 1.29 is 19.1 Å². The lowest BCUT2D eigenvalue weighted by Gasteiger charge is -2.27. The zero-order valence-electron chi connectivity index (χ0n) is 13.6. The number of alkyl carbamates (subject to hydrolysis) is 1. The molecule has 0 unspecified atom stereocenters. The quantitative estimate of drug-likeness (QED) is 0.677. The topological polar surface area (TPSA) is 111 Å². The maximum atomic E-state index is 12.2. The number of hydrogen-bond acceptors (Lipinski definition) is 4. The molecule has 0 aliphatic carbocycles. The van der Waals surface area contributed by atoms with E-state index in [1.165, 1.54) is 6.92 Å². The lowest BCUT2D eigenvalue weighted by Crippen LogP contribution is -2.54. The second-order valence-electron chi connectivity index (χ2n) is 6.14. The first-order valence-electron chi connectivity index (χ1n) is 7.07. The van der Waals surface area contributed by atoms with E-state index in [0.29, 0.717) is 6.42 Å². The van der Waals surface area contributed by atoms with Crippen molar-refractivity contribution in [3.05, 3.63) is 0 Å². The highest BCUT2D eigenvalue weighted by Gasteiger charge is 2.29. The Hall–Kier alpha value is -1.79. The summed E-state index contributed by atoms with van der Waals surface area (Å²) in [4.78, 5) is 35.0. The third kappa shape index (κ3) is 7.53. The molecule has 0 spiro atoms. The van der Waals surface area contributed by atoms with Gasteiger partial charge < -0.3 is 21.1 Å². The van der Waals surface area contributed by atoms with Crippen molar-refractivity contribution >= 4 is 17.9 Å². The van der Waals surface area contributed by atoms with Gasteiger partial charge in [0, 0.05) is 0 Å². The first kappa shape index (κ1) is 19.2. The Morgan fingerprint density at radius 1 is 1.14 bits per heavy atom. The Kier molecular flexibility index (Phi) is 7.18. The van der Waals surface area contributed by atoms with Crippen molar-refractivity contribution in [1.29, 1.82) is 0 Å². The fourth-order valence-corrected chi connectivity index (χ4v) is 1.51. The molecule has 0 rings (SSSR count). The number of nitrogens with one attached hydrogen (secondary N) is 2. The van der Waals surface area contributed by atoms with Crippen molar-refractivity contribution in [2.45, 2.75) is 65.6 Å². The van der Waals surface area contributed by atoms with E-state index in [-0.39, 0.29) is 5.92 Å². The molecule has 0 saturated heterocycles. The van der Waals surface area contributed by atoms with Crippen molar-refractivity contribution in [2.24, 2.45) is 11.7 Å². The summed E-state index contributed by atoms with van der Waals surface area (Å²) in [6, 6.07) is -1.59. The van der Waals surface area contributed by atoms with E-state index in [9.17, 15) is 14.4 Å². The van der Waals surface area contributed by atoms with E-state index in [0.717, 1.165) is 0 Å². The SMILES string of the molecule is CC[C@H](C)[C@H](NC(=O)OC(C)(C)C)C(=O)N[C@@H](C)C(N)=O. The van der Waals surface area contributed by atoms with Gasteiger partial charge in [0.25, 0.3) is 0 Å². The van der Waals surface area contributed by atoms with Crippen LogP contribution >= 0.6 is 0 Å². The summed E-state index contributed by atoms with van der Waals surface area (Å²) in [5, 5.41) is 5.02. The minimum absolute atomic E-state index is 0.113. The fraction of sp³-hybridized carbons (Fsp3) is 0.786. The summed E-state index contributed by atoms with van der Waals surface area (Å²) < 4.78 is 5.14. The summed E-state index contributed by atoms with van der Waals surface area (Å²) >= 11 is 0. The predicted octanol–water partition coefficient (Wildman–Crippen LogP) is 0.916. The van der Waals surface area contributed by atoms with Gasteiger partial charge in [-0.15, -0.1) is 0 Å². The van der Waals surface area contributed by atoms with Crippen LogP contribution in [0.5, 0.6) is 0 Å². The van der Waals surface area contributed by atoms with Gasteiger partial charge in [0.1, 0.15) is 17.7 Å². The molecule has 4 N–H and O–H groups in total. The second-order valence-corrected chi connectivity index (χ2v) is 6.14. The van der Waals surface area contributed by atoms with Crippen LogP contribution in [0.3, 0.4) is 0 Å². The van der Waals surface area contributed by atoms with Crippen LogP contribution in [0, 0.1) is 5.92 Å². The van der Waals surface area contributed by atoms with Crippen LogP contribution in [-0.4, -0.2) is 35.6 Å². The van der Waals surface area contributed by atoms with Gasteiger partial charge in [-0.2, -0.15) is 0 Å². The zero-order chi connectivity index (χ0) is 16.8. The lowest BCUT2D eigenvalue weighted by molar-refractivity contribution is -0.129. The van der Waals surface area contributed by atoms with Crippen LogP contribution in [0.25, 0.3) is 0 Å². The Bertz CT molecular complexity index is 390. The largest absolute Gasteiger partial charge is 0.444 e. The number of carbonyl (C=O) groups excluding carboxylic acids is 3. The van der Waals surface area contributed by atoms with Crippen LogP contribution < -0.4 is 16.4 Å². The van der Waals surface area contributed by atoms with Crippen LogP contribution in [-0.2, 0) is 14.3 Å². The van der Waals surface area contributed by atoms with E-state index < -0.39 is 35.6 Å². The van der Waals surface area contributed by atoms with Gasteiger partial charge >= 0.3 is 6.09 Å². The van der Waals surface area contributed by atoms with Gasteiger partial charge in [-0.05, 0) is 33.6 Å². The predicted molar refractivity (Wildman–Crippen MR) is 79.4 cm³/mol. The number of amides is 3. The van der Waals surface area contributed by atoms with Crippen LogP contribution in [0.15, 0.2) is 0 Å². The van der Waals surface area contributed by atoms with Crippen molar-refractivity contribution in [2.75, 3.05) is 0 Å². The molecule has 0 saturated carbocycles. The van der Waals surface area contributed by atoms with E-state index in [2.05, 4.69) is 10.6 Å². The molecule has 0 fully saturated rings. The molecule has 0 heterocycles. The number of rotatable bonds is 6. The highest BCUT2D eigenvalue weighted by atomic mass is 16.6. The van der Waals surface area contributed by atoms with Crippen LogP contribution in [0.1, 0.15) is 48.0 Å². The third-order valence-corrected chi connectivity index (χ3v) is 2.95. The Balaban J connectivity index is 4.84. The number of nitrogens with two attached hydrogens (primary N) is 1. The molecule has 7 nitrogen and oxygen atoms in total. The molecular formula is C14H27N3O4. The number of ether oxygens (including phenoxy) is 1. The average molecular weight is 301 g/mol. The molecule has 7 heteroatoms. The normalized spacial score (nSPS) is 15.5. The van der Waals surface area contributed by atoms with Crippen LogP contribution in [0.2, 0.25) is 0 Å². The molecule has 0 aromatic carbocycles. The molecule has 3 amide bonds. The first-order valence-corrected chi connectivity index (χ1v) is 7.07. The average Bonchev–Trinajstić information content (AvgIpc) is 2.32. The summed E-state index contributed by atoms with van der Waals surface area (Å²) in [5.41, 5.74) is 4.46. The van der Waals surface area contributed by atoms with E-state index in [1.54, 1.807) is 20.8 Å². The number of primary amides is 1. The summed E-state index contributed by atoms with van der Waals surface area (Å²) in [6.45, 7) is 10.4. The molecular weight excluding hydrogens is 274 g/mol. The molecule has 0 aliphatic heterocycles. The van der Waals surface area contributed by atoms with Gasteiger partial charge in [0.2, 0.25) is 11.8 Å². The van der Waals surface area contributed by atoms with Gasteiger partial charge in [-0.25, -0.2) is 4.79 Å². The maximum Gasteiger partial charge on any atom is 0.408 e.